The second-order valence-corrected chi connectivity index (χ2v) is 4.88. The summed E-state index contributed by atoms with van der Waals surface area (Å²) in [6.07, 6.45) is 0. The van der Waals surface area contributed by atoms with E-state index in [4.69, 9.17) is 5.11 Å². The lowest BCUT2D eigenvalue weighted by atomic mass is 9.95. The standard InChI is InChI=1S/C12H18N2O3/c1-9-10(13-7-12(2,3)8-15)5-4-6-11(9)14(16)17/h4-6,13,15H,7-8H2,1-3H3. The molecular weight excluding hydrogens is 220 g/mol. The van der Waals surface area contributed by atoms with E-state index in [0.29, 0.717) is 12.1 Å². The number of aliphatic hydroxyl groups is 1. The minimum Gasteiger partial charge on any atom is -0.396 e. The first-order valence-corrected chi connectivity index (χ1v) is 5.46. The van der Waals surface area contributed by atoms with Crippen LogP contribution in [0.3, 0.4) is 0 Å². The fraction of sp³-hybridized carbons (Fsp3) is 0.500. The van der Waals surface area contributed by atoms with Crippen molar-refractivity contribution in [2.45, 2.75) is 20.8 Å². The normalized spacial score (nSPS) is 11.3. The number of hydrogen-bond donors (Lipinski definition) is 2. The van der Waals surface area contributed by atoms with Gasteiger partial charge in [0.15, 0.2) is 0 Å². The molecule has 0 aromatic heterocycles. The van der Waals surface area contributed by atoms with Gasteiger partial charge in [0.1, 0.15) is 0 Å². The minimum absolute atomic E-state index is 0.0635. The summed E-state index contributed by atoms with van der Waals surface area (Å²) in [4.78, 5) is 10.4. The molecular formula is C12H18N2O3. The van der Waals surface area contributed by atoms with E-state index in [0.717, 1.165) is 5.69 Å². The number of hydrogen-bond acceptors (Lipinski definition) is 4. The first-order valence-electron chi connectivity index (χ1n) is 5.46. The van der Waals surface area contributed by atoms with Crippen molar-refractivity contribution >= 4 is 11.4 Å². The van der Waals surface area contributed by atoms with E-state index in [1.165, 1.54) is 6.07 Å². The third kappa shape index (κ3) is 3.42. The van der Waals surface area contributed by atoms with E-state index in [1.807, 2.05) is 13.8 Å². The average molecular weight is 238 g/mol. The molecule has 0 radical (unpaired) electrons. The molecule has 1 aromatic rings. The Hall–Kier alpha value is -1.62. The number of aliphatic hydroxyl groups excluding tert-OH is 1. The molecule has 94 valence electrons. The second-order valence-electron chi connectivity index (χ2n) is 4.88. The first kappa shape index (κ1) is 13.4. The number of benzene rings is 1. The van der Waals surface area contributed by atoms with Crippen LogP contribution in [0.1, 0.15) is 19.4 Å². The van der Waals surface area contributed by atoms with E-state index >= 15 is 0 Å². The van der Waals surface area contributed by atoms with Crippen LogP contribution in [-0.4, -0.2) is 23.2 Å². The lowest BCUT2D eigenvalue weighted by Gasteiger charge is -2.23. The number of nitro groups is 1. The monoisotopic (exact) mass is 238 g/mol. The van der Waals surface area contributed by atoms with Gasteiger partial charge in [0.05, 0.1) is 4.92 Å². The molecule has 0 spiro atoms. The highest BCUT2D eigenvalue weighted by Gasteiger charge is 2.18. The predicted octanol–water partition coefficient (Wildman–Crippen LogP) is 2.33. The average Bonchev–Trinajstić information content (AvgIpc) is 2.27. The van der Waals surface area contributed by atoms with Gasteiger partial charge in [-0.3, -0.25) is 10.1 Å². The van der Waals surface area contributed by atoms with Crippen molar-refractivity contribution in [3.8, 4) is 0 Å². The molecule has 5 nitrogen and oxygen atoms in total. The van der Waals surface area contributed by atoms with Crippen LogP contribution in [0.4, 0.5) is 11.4 Å². The van der Waals surface area contributed by atoms with Crippen molar-refractivity contribution in [3.63, 3.8) is 0 Å². The van der Waals surface area contributed by atoms with Gasteiger partial charge in [-0.25, -0.2) is 0 Å². The smallest absolute Gasteiger partial charge is 0.274 e. The summed E-state index contributed by atoms with van der Waals surface area (Å²) >= 11 is 0. The summed E-state index contributed by atoms with van der Waals surface area (Å²) in [6, 6.07) is 4.94. The molecule has 1 rings (SSSR count). The number of nitrogens with zero attached hydrogens (tertiary/aromatic N) is 1. The van der Waals surface area contributed by atoms with Crippen molar-refractivity contribution in [1.82, 2.24) is 0 Å². The number of rotatable bonds is 5. The predicted molar refractivity (Wildman–Crippen MR) is 67.2 cm³/mol. The summed E-state index contributed by atoms with van der Waals surface area (Å²) in [5.41, 5.74) is 1.21. The van der Waals surface area contributed by atoms with Crippen molar-refractivity contribution in [3.05, 3.63) is 33.9 Å². The van der Waals surface area contributed by atoms with Crippen LogP contribution in [-0.2, 0) is 0 Å². The first-order chi connectivity index (χ1) is 7.87. The van der Waals surface area contributed by atoms with E-state index in [-0.39, 0.29) is 17.7 Å². The molecule has 0 heterocycles. The van der Waals surface area contributed by atoms with E-state index in [9.17, 15) is 10.1 Å². The Kier molecular flexibility index (Phi) is 4.07. The molecule has 5 heteroatoms. The maximum Gasteiger partial charge on any atom is 0.274 e. The van der Waals surface area contributed by atoms with Crippen molar-refractivity contribution in [1.29, 1.82) is 0 Å². The lowest BCUT2D eigenvalue weighted by Crippen LogP contribution is -2.27. The topological polar surface area (TPSA) is 75.4 Å². The van der Waals surface area contributed by atoms with E-state index in [2.05, 4.69) is 5.32 Å². The number of anilines is 1. The Morgan fingerprint density at radius 3 is 2.65 bits per heavy atom. The quantitative estimate of drug-likeness (QED) is 0.609. The molecule has 1 aromatic carbocycles. The Morgan fingerprint density at radius 1 is 1.47 bits per heavy atom. The third-order valence-electron chi connectivity index (χ3n) is 2.69. The molecule has 17 heavy (non-hydrogen) atoms. The van der Waals surface area contributed by atoms with Crippen molar-refractivity contribution in [2.24, 2.45) is 5.41 Å². The van der Waals surface area contributed by atoms with Gasteiger partial charge in [-0.1, -0.05) is 19.9 Å². The SMILES string of the molecule is Cc1c(NCC(C)(C)CO)cccc1[N+](=O)[O-]. The van der Waals surface area contributed by atoms with Crippen LogP contribution in [0, 0.1) is 22.5 Å². The zero-order chi connectivity index (χ0) is 13.1. The largest absolute Gasteiger partial charge is 0.396 e. The molecule has 0 aliphatic rings. The van der Waals surface area contributed by atoms with Crippen molar-refractivity contribution < 1.29 is 10.0 Å². The van der Waals surface area contributed by atoms with Crippen LogP contribution in [0.5, 0.6) is 0 Å². The third-order valence-corrected chi connectivity index (χ3v) is 2.69. The summed E-state index contributed by atoms with van der Waals surface area (Å²) in [7, 11) is 0. The second kappa shape index (κ2) is 5.14. The Bertz CT molecular complexity index is 416. The lowest BCUT2D eigenvalue weighted by molar-refractivity contribution is -0.385. The summed E-state index contributed by atoms with van der Waals surface area (Å²) in [5, 5.41) is 23.0. The van der Waals surface area contributed by atoms with Gasteiger partial charge in [-0.05, 0) is 13.0 Å². The van der Waals surface area contributed by atoms with Gasteiger partial charge in [-0.2, -0.15) is 0 Å². The zero-order valence-electron chi connectivity index (χ0n) is 10.4. The van der Waals surface area contributed by atoms with Crippen LogP contribution in [0.2, 0.25) is 0 Å². The highest BCUT2D eigenvalue weighted by atomic mass is 16.6. The van der Waals surface area contributed by atoms with Crippen LogP contribution >= 0.6 is 0 Å². The summed E-state index contributed by atoms with van der Waals surface area (Å²) in [6.45, 7) is 6.19. The molecule has 0 aliphatic carbocycles. The fourth-order valence-corrected chi connectivity index (χ4v) is 1.40. The highest BCUT2D eigenvalue weighted by molar-refractivity contribution is 5.59. The fourth-order valence-electron chi connectivity index (χ4n) is 1.40. The molecule has 2 N–H and O–H groups in total. The summed E-state index contributed by atoms with van der Waals surface area (Å²) < 4.78 is 0. The number of nitrogens with one attached hydrogen (secondary N) is 1. The number of nitro benzene ring substituents is 1. The van der Waals surface area contributed by atoms with Gasteiger partial charge in [-0.15, -0.1) is 0 Å². The molecule has 0 atom stereocenters. The minimum atomic E-state index is -0.391. The molecule has 0 aliphatic heterocycles. The van der Waals surface area contributed by atoms with Crippen LogP contribution < -0.4 is 5.32 Å². The van der Waals surface area contributed by atoms with E-state index in [1.54, 1.807) is 19.1 Å². The molecule has 0 unspecified atom stereocenters. The van der Waals surface area contributed by atoms with Crippen LogP contribution in [0.25, 0.3) is 0 Å². The van der Waals surface area contributed by atoms with Gasteiger partial charge < -0.3 is 10.4 Å². The summed E-state index contributed by atoms with van der Waals surface area (Å²) in [5.74, 6) is 0. The van der Waals surface area contributed by atoms with Gasteiger partial charge in [0, 0.05) is 35.9 Å². The molecule has 0 saturated carbocycles. The maximum atomic E-state index is 10.8. The van der Waals surface area contributed by atoms with Gasteiger partial charge >= 0.3 is 0 Å². The Balaban J connectivity index is 2.86. The van der Waals surface area contributed by atoms with Gasteiger partial charge in [0.25, 0.3) is 5.69 Å². The highest BCUT2D eigenvalue weighted by Crippen LogP contribution is 2.26. The maximum absolute atomic E-state index is 10.8. The Morgan fingerprint density at radius 2 is 2.12 bits per heavy atom. The zero-order valence-corrected chi connectivity index (χ0v) is 10.4. The molecule has 0 saturated heterocycles. The molecule has 0 fully saturated rings. The Labute approximate surface area is 101 Å². The molecule has 0 amide bonds. The van der Waals surface area contributed by atoms with Gasteiger partial charge in [0.2, 0.25) is 0 Å². The van der Waals surface area contributed by atoms with E-state index < -0.39 is 4.92 Å². The molecule has 0 bridgehead atoms. The van der Waals surface area contributed by atoms with Crippen molar-refractivity contribution in [2.75, 3.05) is 18.5 Å². The van der Waals surface area contributed by atoms with Crippen LogP contribution in [0.15, 0.2) is 18.2 Å².